The molecule has 0 aromatic carbocycles. The summed E-state index contributed by atoms with van der Waals surface area (Å²) in [6.07, 6.45) is 3.97. The molecule has 19 heavy (non-hydrogen) atoms. The van der Waals surface area contributed by atoms with Gasteiger partial charge >= 0.3 is 0 Å². The van der Waals surface area contributed by atoms with Gasteiger partial charge < -0.3 is 9.88 Å². The Hall–Kier alpha value is -1.17. The van der Waals surface area contributed by atoms with Crippen molar-refractivity contribution < 1.29 is 0 Å². The molecule has 1 aliphatic rings. The van der Waals surface area contributed by atoms with Gasteiger partial charge in [0.2, 0.25) is 0 Å². The van der Waals surface area contributed by atoms with Crippen LogP contribution in [0.3, 0.4) is 0 Å². The number of nitrogens with zero attached hydrogens (tertiary/aromatic N) is 3. The number of nitrogens with one attached hydrogen (secondary N) is 1. The van der Waals surface area contributed by atoms with Crippen molar-refractivity contribution in [3.8, 4) is 0 Å². The van der Waals surface area contributed by atoms with E-state index in [9.17, 15) is 0 Å². The summed E-state index contributed by atoms with van der Waals surface area (Å²) in [7, 11) is 0. The lowest BCUT2D eigenvalue weighted by Crippen LogP contribution is -2.37. The molecular formula is C14H20N4S. The number of aryl methyl sites for hydroxylation is 1. The highest BCUT2D eigenvalue weighted by atomic mass is 32.1. The summed E-state index contributed by atoms with van der Waals surface area (Å²) in [6.45, 7) is 8.45. The summed E-state index contributed by atoms with van der Waals surface area (Å²) in [6, 6.07) is 4.40. The Kier molecular flexibility index (Phi) is 3.96. The smallest absolute Gasteiger partial charge is 0.122 e. The largest absolute Gasteiger partial charge is 0.333 e. The predicted octanol–water partition coefficient (Wildman–Crippen LogP) is 1.86. The topological polar surface area (TPSA) is 33.1 Å². The first-order valence-corrected chi connectivity index (χ1v) is 7.61. The fourth-order valence-electron chi connectivity index (χ4n) is 2.44. The van der Waals surface area contributed by atoms with E-state index in [0.29, 0.717) is 0 Å². The summed E-state index contributed by atoms with van der Waals surface area (Å²) in [4.78, 5) is 9.67. The van der Waals surface area contributed by atoms with E-state index in [1.54, 1.807) is 0 Å². The minimum atomic E-state index is 0.979. The van der Waals surface area contributed by atoms with Gasteiger partial charge in [-0.05, 0) is 19.1 Å². The average Bonchev–Trinajstić information content (AvgIpc) is 3.03. The Bertz CT molecular complexity index is 531. The monoisotopic (exact) mass is 276 g/mol. The maximum absolute atomic E-state index is 4.39. The van der Waals surface area contributed by atoms with Crippen molar-refractivity contribution in [1.29, 1.82) is 0 Å². The average molecular weight is 276 g/mol. The maximum Gasteiger partial charge on any atom is 0.122 e. The van der Waals surface area contributed by atoms with Crippen LogP contribution in [-0.4, -0.2) is 34.1 Å². The molecule has 0 bridgehead atoms. The van der Waals surface area contributed by atoms with Crippen LogP contribution in [0.25, 0.3) is 0 Å². The molecule has 5 heteroatoms. The van der Waals surface area contributed by atoms with Gasteiger partial charge in [0.15, 0.2) is 0 Å². The lowest BCUT2D eigenvalue weighted by atomic mass is 10.3. The van der Waals surface area contributed by atoms with Crippen LogP contribution in [0.15, 0.2) is 24.5 Å². The molecule has 0 atom stereocenters. The Balaban J connectivity index is 1.39. The van der Waals surface area contributed by atoms with Crippen molar-refractivity contribution in [2.24, 2.45) is 0 Å². The lowest BCUT2D eigenvalue weighted by Gasteiger charge is -2.27. The van der Waals surface area contributed by atoms with Crippen LogP contribution < -0.4 is 5.32 Å². The molecule has 4 nitrogen and oxygen atoms in total. The second kappa shape index (κ2) is 5.86. The van der Waals surface area contributed by atoms with Crippen molar-refractivity contribution in [3.05, 3.63) is 40.1 Å². The number of imidazole rings is 1. The molecule has 0 saturated carbocycles. The molecule has 0 unspecified atom stereocenters. The Morgan fingerprint density at radius 2 is 2.32 bits per heavy atom. The van der Waals surface area contributed by atoms with E-state index in [2.05, 4.69) is 45.0 Å². The Labute approximate surface area is 118 Å². The molecule has 0 amide bonds. The van der Waals surface area contributed by atoms with Gasteiger partial charge in [-0.25, -0.2) is 4.98 Å². The number of hydrogen-bond acceptors (Lipinski definition) is 4. The van der Waals surface area contributed by atoms with E-state index < -0.39 is 0 Å². The number of thiophene rings is 1. The van der Waals surface area contributed by atoms with Gasteiger partial charge in [-0.1, -0.05) is 0 Å². The molecule has 0 spiro atoms. The molecule has 3 heterocycles. The van der Waals surface area contributed by atoms with Crippen LogP contribution in [0, 0.1) is 6.92 Å². The predicted molar refractivity (Wildman–Crippen MR) is 78.3 cm³/mol. The fourth-order valence-corrected chi connectivity index (χ4v) is 3.30. The van der Waals surface area contributed by atoms with E-state index in [1.807, 2.05) is 17.5 Å². The second-order valence-electron chi connectivity index (χ2n) is 5.00. The highest BCUT2D eigenvalue weighted by Gasteiger charge is 2.15. The minimum Gasteiger partial charge on any atom is -0.333 e. The molecule has 1 aliphatic heterocycles. The molecule has 0 saturated heterocycles. The first-order valence-electron chi connectivity index (χ1n) is 6.80. The zero-order chi connectivity index (χ0) is 13.1. The Morgan fingerprint density at radius 1 is 1.37 bits per heavy atom. The summed E-state index contributed by atoms with van der Waals surface area (Å²) in [5.41, 5.74) is 0. The summed E-state index contributed by atoms with van der Waals surface area (Å²) in [5.74, 6) is 1.19. The normalized spacial score (nSPS) is 15.6. The minimum absolute atomic E-state index is 0.979. The highest BCUT2D eigenvalue weighted by Crippen LogP contribution is 2.14. The number of hydrogen-bond donors (Lipinski definition) is 1. The van der Waals surface area contributed by atoms with Crippen LogP contribution in [0.1, 0.15) is 15.6 Å². The zero-order valence-corrected chi connectivity index (χ0v) is 12.1. The van der Waals surface area contributed by atoms with Gasteiger partial charge in [-0.15, -0.1) is 11.3 Å². The van der Waals surface area contributed by atoms with Gasteiger partial charge in [0.25, 0.3) is 0 Å². The summed E-state index contributed by atoms with van der Waals surface area (Å²) < 4.78 is 2.25. The van der Waals surface area contributed by atoms with Gasteiger partial charge in [0, 0.05) is 54.9 Å². The second-order valence-corrected chi connectivity index (χ2v) is 6.37. The first kappa shape index (κ1) is 12.8. The Morgan fingerprint density at radius 3 is 3.16 bits per heavy atom. The van der Waals surface area contributed by atoms with Crippen molar-refractivity contribution in [2.45, 2.75) is 26.6 Å². The molecule has 2 aromatic rings. The molecule has 1 N–H and O–H groups in total. The van der Waals surface area contributed by atoms with Gasteiger partial charge in [-0.3, -0.25) is 4.90 Å². The highest BCUT2D eigenvalue weighted by molar-refractivity contribution is 7.11. The van der Waals surface area contributed by atoms with Crippen LogP contribution in [-0.2, 0) is 19.6 Å². The molecule has 3 rings (SSSR count). The van der Waals surface area contributed by atoms with Crippen LogP contribution >= 0.6 is 11.3 Å². The van der Waals surface area contributed by atoms with E-state index in [0.717, 1.165) is 39.3 Å². The zero-order valence-electron chi connectivity index (χ0n) is 11.3. The summed E-state index contributed by atoms with van der Waals surface area (Å²) in [5, 5.41) is 3.52. The van der Waals surface area contributed by atoms with E-state index in [-0.39, 0.29) is 0 Å². The summed E-state index contributed by atoms with van der Waals surface area (Å²) >= 11 is 1.88. The molecule has 0 radical (unpaired) electrons. The quantitative estimate of drug-likeness (QED) is 0.846. The SMILES string of the molecule is Cc1ccc(CNCCN2CCn3ccnc3C2)s1. The van der Waals surface area contributed by atoms with Crippen molar-refractivity contribution in [3.63, 3.8) is 0 Å². The van der Waals surface area contributed by atoms with Crippen LogP contribution in [0.4, 0.5) is 0 Å². The molecule has 0 aliphatic carbocycles. The molecule has 102 valence electrons. The fraction of sp³-hybridized carbons (Fsp3) is 0.500. The van der Waals surface area contributed by atoms with Crippen molar-refractivity contribution in [1.82, 2.24) is 19.8 Å². The van der Waals surface area contributed by atoms with E-state index >= 15 is 0 Å². The number of rotatable bonds is 5. The third-order valence-corrected chi connectivity index (χ3v) is 4.52. The van der Waals surface area contributed by atoms with Crippen molar-refractivity contribution >= 4 is 11.3 Å². The van der Waals surface area contributed by atoms with Crippen LogP contribution in [0.2, 0.25) is 0 Å². The van der Waals surface area contributed by atoms with Gasteiger partial charge in [0.1, 0.15) is 5.82 Å². The first-order chi connectivity index (χ1) is 9.31. The van der Waals surface area contributed by atoms with E-state index in [1.165, 1.54) is 15.6 Å². The molecular weight excluding hydrogens is 256 g/mol. The third-order valence-electron chi connectivity index (χ3n) is 3.52. The standard InChI is InChI=1S/C14H20N4S/c1-12-2-3-13(19-12)10-15-4-6-17-8-9-18-7-5-16-14(18)11-17/h2-3,5,7,15H,4,6,8-11H2,1H3. The maximum atomic E-state index is 4.39. The van der Waals surface area contributed by atoms with Gasteiger partial charge in [0.05, 0.1) is 6.54 Å². The third kappa shape index (κ3) is 3.23. The van der Waals surface area contributed by atoms with E-state index in [4.69, 9.17) is 0 Å². The van der Waals surface area contributed by atoms with Gasteiger partial charge in [-0.2, -0.15) is 0 Å². The lowest BCUT2D eigenvalue weighted by molar-refractivity contribution is 0.217. The number of fused-ring (bicyclic) bond motifs is 1. The molecule has 0 fully saturated rings. The molecule has 2 aromatic heterocycles. The van der Waals surface area contributed by atoms with Crippen molar-refractivity contribution in [2.75, 3.05) is 19.6 Å². The van der Waals surface area contributed by atoms with Crippen LogP contribution in [0.5, 0.6) is 0 Å². The number of aromatic nitrogens is 2.